The summed E-state index contributed by atoms with van der Waals surface area (Å²) in [5, 5.41) is 16.5. The van der Waals surface area contributed by atoms with E-state index >= 15 is 0 Å². The Kier molecular flexibility index (Phi) is 3.66. The first-order valence-corrected chi connectivity index (χ1v) is 4.91. The minimum atomic E-state index is 0.115. The van der Waals surface area contributed by atoms with Gasteiger partial charge in [0, 0.05) is 30.9 Å². The maximum atomic E-state index is 8.92. The molecule has 0 amide bonds. The van der Waals surface area contributed by atoms with Crippen molar-refractivity contribution in [1.29, 1.82) is 0 Å². The number of hydrogen-bond donors (Lipinski definition) is 2. The second-order valence-electron chi connectivity index (χ2n) is 3.82. The average Bonchev–Trinajstić information content (AvgIpc) is 2.45. The smallest absolute Gasteiger partial charge is 0.0641 e. The minimum Gasteiger partial charge on any atom is -0.395 e. The SMILES string of the molecule is Cc1nn(C)cc1C(C)NC(C)CO. The molecule has 0 saturated carbocycles. The predicted molar refractivity (Wildman–Crippen MR) is 56.0 cm³/mol. The fourth-order valence-electron chi connectivity index (χ4n) is 1.61. The Bertz CT molecular complexity index is 296. The number of aromatic nitrogens is 2. The highest BCUT2D eigenvalue weighted by atomic mass is 16.3. The Morgan fingerprint density at radius 3 is 2.64 bits per heavy atom. The van der Waals surface area contributed by atoms with Gasteiger partial charge in [0.05, 0.1) is 12.3 Å². The summed E-state index contributed by atoms with van der Waals surface area (Å²) < 4.78 is 1.81. The van der Waals surface area contributed by atoms with E-state index in [4.69, 9.17) is 5.11 Å². The van der Waals surface area contributed by atoms with Crippen molar-refractivity contribution >= 4 is 0 Å². The molecule has 2 atom stereocenters. The monoisotopic (exact) mass is 197 g/mol. The van der Waals surface area contributed by atoms with Crippen molar-refractivity contribution in [2.24, 2.45) is 7.05 Å². The summed E-state index contributed by atoms with van der Waals surface area (Å²) in [5.74, 6) is 0. The van der Waals surface area contributed by atoms with Crippen LogP contribution in [0.1, 0.15) is 31.1 Å². The summed E-state index contributed by atoms with van der Waals surface area (Å²) in [6.07, 6.45) is 2.01. The summed E-state index contributed by atoms with van der Waals surface area (Å²) in [7, 11) is 1.92. The molecule has 1 aromatic rings. The van der Waals surface area contributed by atoms with Crippen LogP contribution in [0.15, 0.2) is 6.20 Å². The van der Waals surface area contributed by atoms with Gasteiger partial charge in [-0.15, -0.1) is 0 Å². The molecule has 0 radical (unpaired) electrons. The average molecular weight is 197 g/mol. The lowest BCUT2D eigenvalue weighted by atomic mass is 10.1. The fourth-order valence-corrected chi connectivity index (χ4v) is 1.61. The van der Waals surface area contributed by atoms with Crippen LogP contribution in [0.4, 0.5) is 0 Å². The second kappa shape index (κ2) is 4.57. The van der Waals surface area contributed by atoms with Crippen molar-refractivity contribution in [3.8, 4) is 0 Å². The zero-order valence-electron chi connectivity index (χ0n) is 9.28. The van der Waals surface area contributed by atoms with Crippen molar-refractivity contribution in [3.05, 3.63) is 17.5 Å². The second-order valence-corrected chi connectivity index (χ2v) is 3.82. The number of nitrogens with zero attached hydrogens (tertiary/aromatic N) is 2. The van der Waals surface area contributed by atoms with Gasteiger partial charge in [-0.25, -0.2) is 0 Å². The van der Waals surface area contributed by atoms with Crippen LogP contribution in [-0.2, 0) is 7.05 Å². The maximum absolute atomic E-state index is 8.92. The van der Waals surface area contributed by atoms with Crippen LogP contribution in [0.5, 0.6) is 0 Å². The molecule has 1 aromatic heterocycles. The molecule has 0 aromatic carbocycles. The number of rotatable bonds is 4. The molecule has 0 saturated heterocycles. The van der Waals surface area contributed by atoms with Gasteiger partial charge in [0.25, 0.3) is 0 Å². The predicted octanol–water partition coefficient (Wildman–Crippen LogP) is 0.760. The van der Waals surface area contributed by atoms with E-state index in [9.17, 15) is 0 Å². The third-order valence-corrected chi connectivity index (χ3v) is 2.33. The minimum absolute atomic E-state index is 0.115. The molecule has 2 N–H and O–H groups in total. The molecule has 1 heterocycles. The highest BCUT2D eigenvalue weighted by molar-refractivity contribution is 5.19. The normalized spacial score (nSPS) is 15.5. The van der Waals surface area contributed by atoms with Crippen LogP contribution in [0.3, 0.4) is 0 Å². The fraction of sp³-hybridized carbons (Fsp3) is 0.700. The zero-order valence-corrected chi connectivity index (χ0v) is 9.28. The van der Waals surface area contributed by atoms with Crippen LogP contribution in [0, 0.1) is 6.92 Å². The molecule has 0 aliphatic carbocycles. The maximum Gasteiger partial charge on any atom is 0.0641 e. The summed E-state index contributed by atoms with van der Waals surface area (Å²) in [6.45, 7) is 6.19. The van der Waals surface area contributed by atoms with E-state index in [0.717, 1.165) is 5.69 Å². The van der Waals surface area contributed by atoms with Crippen LogP contribution >= 0.6 is 0 Å². The number of aryl methyl sites for hydroxylation is 2. The van der Waals surface area contributed by atoms with E-state index in [1.807, 2.05) is 31.8 Å². The summed E-state index contributed by atoms with van der Waals surface area (Å²) in [5.41, 5.74) is 2.23. The van der Waals surface area contributed by atoms with Gasteiger partial charge in [0.15, 0.2) is 0 Å². The van der Waals surface area contributed by atoms with E-state index in [1.165, 1.54) is 5.56 Å². The molecular weight excluding hydrogens is 178 g/mol. The lowest BCUT2D eigenvalue weighted by Gasteiger charge is -2.17. The molecule has 0 aliphatic heterocycles. The Hall–Kier alpha value is -0.870. The highest BCUT2D eigenvalue weighted by Crippen LogP contribution is 2.15. The number of aliphatic hydroxyl groups excluding tert-OH is 1. The molecule has 0 aliphatic rings. The van der Waals surface area contributed by atoms with Crippen molar-refractivity contribution in [3.63, 3.8) is 0 Å². The number of nitrogens with one attached hydrogen (secondary N) is 1. The quantitative estimate of drug-likeness (QED) is 0.749. The lowest BCUT2D eigenvalue weighted by Crippen LogP contribution is -2.31. The Morgan fingerprint density at radius 1 is 1.57 bits per heavy atom. The Balaban J connectivity index is 2.69. The van der Waals surface area contributed by atoms with Crippen molar-refractivity contribution in [2.75, 3.05) is 6.61 Å². The summed E-state index contributed by atoms with van der Waals surface area (Å²) in [6, 6.07) is 0.343. The van der Waals surface area contributed by atoms with E-state index in [0.29, 0.717) is 0 Å². The Labute approximate surface area is 84.9 Å². The molecule has 14 heavy (non-hydrogen) atoms. The third-order valence-electron chi connectivity index (χ3n) is 2.33. The summed E-state index contributed by atoms with van der Waals surface area (Å²) in [4.78, 5) is 0. The van der Waals surface area contributed by atoms with Crippen molar-refractivity contribution in [2.45, 2.75) is 32.9 Å². The van der Waals surface area contributed by atoms with Crippen LogP contribution in [0.25, 0.3) is 0 Å². The lowest BCUT2D eigenvalue weighted by molar-refractivity contribution is 0.243. The molecular formula is C10H19N3O. The molecule has 0 fully saturated rings. The van der Waals surface area contributed by atoms with Gasteiger partial charge in [-0.2, -0.15) is 5.10 Å². The first-order chi connectivity index (χ1) is 6.54. The zero-order chi connectivity index (χ0) is 10.7. The van der Waals surface area contributed by atoms with Gasteiger partial charge in [0.2, 0.25) is 0 Å². The van der Waals surface area contributed by atoms with Crippen LogP contribution < -0.4 is 5.32 Å². The third kappa shape index (κ3) is 2.56. The topological polar surface area (TPSA) is 50.1 Å². The Morgan fingerprint density at radius 2 is 2.21 bits per heavy atom. The van der Waals surface area contributed by atoms with Crippen LogP contribution in [-0.4, -0.2) is 27.5 Å². The van der Waals surface area contributed by atoms with Gasteiger partial charge in [-0.3, -0.25) is 4.68 Å². The van der Waals surface area contributed by atoms with Crippen molar-refractivity contribution < 1.29 is 5.11 Å². The van der Waals surface area contributed by atoms with E-state index in [1.54, 1.807) is 0 Å². The molecule has 4 nitrogen and oxygen atoms in total. The van der Waals surface area contributed by atoms with Gasteiger partial charge in [0.1, 0.15) is 0 Å². The van der Waals surface area contributed by atoms with E-state index in [-0.39, 0.29) is 18.7 Å². The van der Waals surface area contributed by atoms with Gasteiger partial charge in [-0.05, 0) is 20.8 Å². The van der Waals surface area contributed by atoms with Crippen LogP contribution in [0.2, 0.25) is 0 Å². The largest absolute Gasteiger partial charge is 0.395 e. The molecule has 2 unspecified atom stereocenters. The van der Waals surface area contributed by atoms with Gasteiger partial charge >= 0.3 is 0 Å². The molecule has 0 spiro atoms. The number of hydrogen-bond acceptors (Lipinski definition) is 3. The first kappa shape index (κ1) is 11.2. The molecule has 1 rings (SSSR count). The standard InChI is InChI=1S/C10H19N3O/c1-7(6-14)11-8(2)10-5-13(4)12-9(10)3/h5,7-8,11,14H,6H2,1-4H3. The van der Waals surface area contributed by atoms with E-state index < -0.39 is 0 Å². The molecule has 0 bridgehead atoms. The summed E-state index contributed by atoms with van der Waals surface area (Å²) >= 11 is 0. The molecule has 80 valence electrons. The highest BCUT2D eigenvalue weighted by Gasteiger charge is 2.13. The van der Waals surface area contributed by atoms with E-state index in [2.05, 4.69) is 17.3 Å². The van der Waals surface area contributed by atoms with Crippen molar-refractivity contribution in [1.82, 2.24) is 15.1 Å². The van der Waals surface area contributed by atoms with Gasteiger partial charge < -0.3 is 10.4 Å². The van der Waals surface area contributed by atoms with Gasteiger partial charge in [-0.1, -0.05) is 0 Å². The number of aliphatic hydroxyl groups is 1. The molecule has 4 heteroatoms. The first-order valence-electron chi connectivity index (χ1n) is 4.91.